The minimum atomic E-state index is -5.08. The molecule has 1 aliphatic heterocycles. The predicted molar refractivity (Wildman–Crippen MR) is 154 cm³/mol. The molecular weight excluding hydrogens is 633 g/mol. The molecule has 1 heterocycles. The van der Waals surface area contributed by atoms with Crippen LogP contribution >= 0.6 is 0 Å². The second kappa shape index (κ2) is 11.6. The van der Waals surface area contributed by atoms with Crippen LogP contribution in [-0.4, -0.2) is 92.6 Å². The maximum atomic E-state index is 17.5. The minimum absolute atomic E-state index is 0.0309. The highest BCUT2D eigenvalue weighted by molar-refractivity contribution is 6.01. The maximum absolute atomic E-state index is 17.5. The van der Waals surface area contributed by atoms with Crippen molar-refractivity contribution in [1.82, 2.24) is 4.90 Å². The Morgan fingerprint density at radius 1 is 1.09 bits per heavy atom. The van der Waals surface area contributed by atoms with Crippen LogP contribution in [0.15, 0.2) is 48.1 Å². The lowest BCUT2D eigenvalue weighted by atomic mass is 9.43. The van der Waals surface area contributed by atoms with Crippen molar-refractivity contribution in [2.24, 2.45) is 34.0 Å². The number of ketones is 2. The molecule has 1 saturated heterocycles. The van der Waals surface area contributed by atoms with Gasteiger partial charge in [-0.05, 0) is 78.9 Å². The van der Waals surface area contributed by atoms with E-state index >= 15 is 8.78 Å². The monoisotopic (exact) mass is 669 g/mol. The summed E-state index contributed by atoms with van der Waals surface area (Å²) in [5, 5.41) is 38.3. The van der Waals surface area contributed by atoms with Crippen LogP contribution in [0.4, 0.5) is 22.0 Å². The molecule has 5 aliphatic rings. The lowest BCUT2D eigenvalue weighted by molar-refractivity contribution is -0.212. The van der Waals surface area contributed by atoms with Gasteiger partial charge in [0, 0.05) is 31.0 Å². The quantitative estimate of drug-likeness (QED) is 0.342. The molecule has 6 rings (SSSR count). The fraction of sp³-hybridized carbons (Fsp3) is 0.576. The van der Waals surface area contributed by atoms with E-state index in [1.54, 1.807) is 19.1 Å². The fourth-order valence-corrected chi connectivity index (χ4v) is 9.70. The first kappa shape index (κ1) is 34.8. The van der Waals surface area contributed by atoms with Gasteiger partial charge >= 0.3 is 18.1 Å². The number of carbonyl (C=O) groups excluding carboxylic acids is 2. The fourth-order valence-electron chi connectivity index (χ4n) is 9.70. The van der Waals surface area contributed by atoms with Gasteiger partial charge in [-0.1, -0.05) is 25.1 Å². The number of alkyl halides is 5. The molecule has 4 N–H and O–H groups in total. The van der Waals surface area contributed by atoms with E-state index in [0.29, 0.717) is 19.5 Å². The number of carboxylic acids is 2. The Hall–Kier alpha value is -3.49. The second-order valence-corrected chi connectivity index (χ2v) is 13.8. The largest absolute Gasteiger partial charge is 0.490 e. The number of rotatable bonds is 5. The first-order valence-corrected chi connectivity index (χ1v) is 15.2. The number of hydrogen-bond acceptors (Lipinski definition) is 7. The molecule has 0 unspecified atom stereocenters. The van der Waals surface area contributed by atoms with E-state index in [0.717, 1.165) is 5.56 Å². The molecule has 0 amide bonds. The van der Waals surface area contributed by atoms with Gasteiger partial charge in [0.1, 0.15) is 12.8 Å². The summed E-state index contributed by atoms with van der Waals surface area (Å²) >= 11 is 0. The Morgan fingerprint density at radius 2 is 1.74 bits per heavy atom. The number of fused-ring (bicyclic) bond motifs is 7. The van der Waals surface area contributed by atoms with Gasteiger partial charge in [0.15, 0.2) is 17.2 Å². The number of halogens is 5. The van der Waals surface area contributed by atoms with Crippen LogP contribution in [0, 0.1) is 34.0 Å². The maximum Gasteiger partial charge on any atom is 0.490 e. The molecule has 256 valence electrons. The number of aromatic carboxylic acids is 1. The van der Waals surface area contributed by atoms with Crippen LogP contribution in [0.25, 0.3) is 0 Å². The Kier molecular flexibility index (Phi) is 8.59. The third-order valence-electron chi connectivity index (χ3n) is 11.7. The summed E-state index contributed by atoms with van der Waals surface area (Å²) in [7, 11) is 0. The molecule has 1 aromatic rings. The van der Waals surface area contributed by atoms with Crippen molar-refractivity contribution in [2.75, 3.05) is 19.7 Å². The number of carboxylic acid groups (broad SMARTS) is 2. The van der Waals surface area contributed by atoms with Crippen molar-refractivity contribution in [1.29, 1.82) is 0 Å². The molecule has 14 heteroatoms. The molecule has 1 aromatic carbocycles. The van der Waals surface area contributed by atoms with Crippen molar-refractivity contribution < 1.29 is 61.6 Å². The van der Waals surface area contributed by atoms with Crippen LogP contribution in [0.3, 0.4) is 0 Å². The number of nitrogens with zero attached hydrogens (tertiary/aromatic N) is 1. The van der Waals surface area contributed by atoms with E-state index in [1.807, 2.05) is 13.0 Å². The zero-order chi connectivity index (χ0) is 34.9. The van der Waals surface area contributed by atoms with Gasteiger partial charge < -0.3 is 20.4 Å². The Balaban J connectivity index is 0.000000559. The minimum Gasteiger partial charge on any atom is -0.478 e. The zero-order valence-corrected chi connectivity index (χ0v) is 25.6. The highest BCUT2D eigenvalue weighted by atomic mass is 19.4. The topological polar surface area (TPSA) is 152 Å². The lowest BCUT2D eigenvalue weighted by Gasteiger charge is -2.63. The van der Waals surface area contributed by atoms with Gasteiger partial charge in [-0.15, -0.1) is 0 Å². The molecule has 4 aliphatic carbocycles. The molecule has 0 aromatic heterocycles. The van der Waals surface area contributed by atoms with Gasteiger partial charge in [0.05, 0.1) is 17.1 Å². The third-order valence-corrected chi connectivity index (χ3v) is 11.7. The summed E-state index contributed by atoms with van der Waals surface area (Å²) in [6.45, 7) is 3.91. The van der Waals surface area contributed by atoms with Gasteiger partial charge in [0.25, 0.3) is 0 Å². The average molecular weight is 670 g/mol. The summed E-state index contributed by atoms with van der Waals surface area (Å²) in [6, 6.07) is 6.61. The second-order valence-electron chi connectivity index (χ2n) is 13.8. The highest BCUT2D eigenvalue weighted by Crippen LogP contribution is 2.74. The van der Waals surface area contributed by atoms with E-state index in [9.17, 15) is 42.9 Å². The molecule has 4 fully saturated rings. The lowest BCUT2D eigenvalue weighted by Crippen LogP contribution is -2.69. The van der Waals surface area contributed by atoms with Crippen LogP contribution in [0.5, 0.6) is 0 Å². The highest BCUT2D eigenvalue weighted by Gasteiger charge is 2.78. The number of allylic oxidation sites excluding steroid dienone is 4. The molecule has 47 heavy (non-hydrogen) atoms. The molecule has 9 nitrogen and oxygen atoms in total. The smallest absolute Gasteiger partial charge is 0.478 e. The Morgan fingerprint density at radius 3 is 2.34 bits per heavy atom. The number of aliphatic carboxylic acids is 1. The standard InChI is InChI=1S/C31H35F2NO6.C2HF3O2/c1-28-7-6-20(36)10-23(28)24(32)11-22-21-9-19-14-34(13-17-4-3-5-18(8-17)27(39)40)16-30(19,26(38)15-35)29(21,2)12-25(37)31(22,28)33;3-2(4,5)1(6)7/h3-8,10,19,21-22,24-25,35,37H,9,11-16H2,1-2H3,(H,39,40);(H,6,7)/t19-,21-,22-,24-,25-,28-,29-,30+,31-;/m0./s1. The number of benzene rings is 1. The number of aliphatic hydroxyl groups is 2. The number of aliphatic hydroxyl groups excluding tert-OH is 2. The predicted octanol–water partition coefficient (Wildman–Crippen LogP) is 3.93. The van der Waals surface area contributed by atoms with Crippen LogP contribution in [0.1, 0.15) is 49.0 Å². The van der Waals surface area contributed by atoms with Crippen molar-refractivity contribution >= 4 is 23.5 Å². The molecule has 3 saturated carbocycles. The average Bonchev–Trinajstić information content (AvgIpc) is 3.47. The first-order chi connectivity index (χ1) is 21.8. The number of Topliss-reactive ketones (excluding diaryl/α,β-unsaturated/α-hetero) is 1. The number of carbonyl (C=O) groups is 4. The molecule has 9 atom stereocenters. The van der Waals surface area contributed by atoms with Crippen LogP contribution in [0.2, 0.25) is 0 Å². The van der Waals surface area contributed by atoms with Crippen molar-refractivity contribution in [2.45, 2.75) is 63.8 Å². The van der Waals surface area contributed by atoms with Gasteiger partial charge in [-0.25, -0.2) is 18.4 Å². The normalized spacial score (nSPS) is 39.0. The van der Waals surface area contributed by atoms with E-state index in [1.165, 1.54) is 24.3 Å². The summed E-state index contributed by atoms with van der Waals surface area (Å²) in [6.07, 6.45) is -4.09. The summed E-state index contributed by atoms with van der Waals surface area (Å²) in [5.74, 6) is -6.09. The van der Waals surface area contributed by atoms with E-state index < -0.39 is 76.5 Å². The van der Waals surface area contributed by atoms with Crippen molar-refractivity contribution in [3.05, 3.63) is 59.2 Å². The van der Waals surface area contributed by atoms with Gasteiger partial charge in [-0.3, -0.25) is 14.5 Å². The van der Waals surface area contributed by atoms with Gasteiger partial charge in [0.2, 0.25) is 0 Å². The Labute approximate surface area is 266 Å². The van der Waals surface area contributed by atoms with E-state index in [2.05, 4.69) is 4.90 Å². The van der Waals surface area contributed by atoms with Crippen LogP contribution < -0.4 is 0 Å². The molecule has 0 radical (unpaired) electrons. The van der Waals surface area contributed by atoms with Crippen molar-refractivity contribution in [3.8, 4) is 0 Å². The number of likely N-dealkylation sites (tertiary alicyclic amines) is 1. The van der Waals surface area contributed by atoms with Crippen LogP contribution in [-0.2, 0) is 20.9 Å². The van der Waals surface area contributed by atoms with Crippen molar-refractivity contribution in [3.63, 3.8) is 0 Å². The SMILES string of the molecule is C[C@]12C=CC(=O)C=C1[C@@H](F)C[C@H]1[C@@H]3C[C@H]4CN(Cc5cccc(C(=O)O)c5)C[C@@]4(C(=O)CO)[C@@]3(C)C[C@H](O)[C@@]12F.O=C(O)C(F)(F)F. The van der Waals surface area contributed by atoms with E-state index in [4.69, 9.17) is 9.90 Å². The van der Waals surface area contributed by atoms with E-state index in [-0.39, 0.29) is 42.2 Å². The number of hydrogen-bond donors (Lipinski definition) is 4. The first-order valence-electron chi connectivity index (χ1n) is 15.2. The summed E-state index contributed by atoms with van der Waals surface area (Å²) < 4.78 is 64.9. The third kappa shape index (κ3) is 5.14. The Bertz CT molecular complexity index is 1560. The zero-order valence-electron chi connectivity index (χ0n) is 25.6. The molecule has 0 spiro atoms. The van der Waals surface area contributed by atoms with Gasteiger partial charge in [-0.2, -0.15) is 13.2 Å². The summed E-state index contributed by atoms with van der Waals surface area (Å²) in [4.78, 5) is 48.2. The molecular formula is C33H36F5NO8. The molecule has 0 bridgehead atoms. The summed E-state index contributed by atoms with van der Waals surface area (Å²) in [5.41, 5.74) is -4.67.